The Balaban J connectivity index is 1.71. The quantitative estimate of drug-likeness (QED) is 0.926. The number of hydrogen-bond donors (Lipinski definition) is 1. The fourth-order valence-electron chi connectivity index (χ4n) is 2.40. The monoisotopic (exact) mass is 308 g/mol. The molecule has 2 amide bonds. The number of halogens is 1. The van der Waals surface area contributed by atoms with Crippen LogP contribution in [0.5, 0.6) is 0 Å². The molecule has 1 aliphatic rings. The Morgan fingerprint density at radius 2 is 2.14 bits per heavy atom. The maximum Gasteiger partial charge on any atom is 0.317 e. The number of rotatable bonds is 2. The van der Waals surface area contributed by atoms with Crippen LogP contribution in [-0.2, 0) is 0 Å². The number of thiazole rings is 1. The molecular weight excluding hydrogens is 291 g/mol. The largest absolute Gasteiger partial charge is 0.345 e. The van der Waals surface area contributed by atoms with Gasteiger partial charge in [0.25, 0.3) is 0 Å². The van der Waals surface area contributed by atoms with Crippen LogP contribution in [0.1, 0.15) is 6.92 Å². The van der Waals surface area contributed by atoms with Gasteiger partial charge in [-0.05, 0) is 19.1 Å². The predicted octanol–water partition coefficient (Wildman–Crippen LogP) is 2.29. The molecule has 2 heterocycles. The van der Waals surface area contributed by atoms with Crippen molar-refractivity contribution in [3.8, 4) is 0 Å². The van der Waals surface area contributed by atoms with Crippen LogP contribution in [0.4, 0.5) is 14.3 Å². The molecule has 1 aromatic heterocycles. The SMILES string of the molecule is CCNC(=O)N1CCN(c2nc3c(F)cccc3s2)CC1. The molecule has 0 spiro atoms. The van der Waals surface area contributed by atoms with E-state index in [1.807, 2.05) is 13.0 Å². The van der Waals surface area contributed by atoms with E-state index in [1.165, 1.54) is 17.4 Å². The lowest BCUT2D eigenvalue weighted by Gasteiger charge is -2.34. The molecule has 7 heteroatoms. The minimum Gasteiger partial charge on any atom is -0.345 e. The van der Waals surface area contributed by atoms with Crippen molar-refractivity contribution >= 4 is 32.7 Å². The van der Waals surface area contributed by atoms with Gasteiger partial charge in [0.2, 0.25) is 0 Å². The van der Waals surface area contributed by atoms with Gasteiger partial charge >= 0.3 is 6.03 Å². The molecule has 3 rings (SSSR count). The number of para-hydroxylation sites is 1. The molecule has 112 valence electrons. The molecule has 0 aliphatic carbocycles. The topological polar surface area (TPSA) is 48.5 Å². The summed E-state index contributed by atoms with van der Waals surface area (Å²) in [5.74, 6) is -0.282. The Hall–Kier alpha value is -1.89. The maximum atomic E-state index is 13.7. The third kappa shape index (κ3) is 2.78. The minimum atomic E-state index is -0.282. The first-order valence-electron chi connectivity index (χ1n) is 7.02. The van der Waals surface area contributed by atoms with Gasteiger partial charge in [0, 0.05) is 32.7 Å². The molecule has 1 aromatic carbocycles. The summed E-state index contributed by atoms with van der Waals surface area (Å²) in [6.07, 6.45) is 0. The summed E-state index contributed by atoms with van der Waals surface area (Å²) in [5, 5.41) is 3.63. The summed E-state index contributed by atoms with van der Waals surface area (Å²) < 4.78 is 14.5. The third-order valence-electron chi connectivity index (χ3n) is 3.52. The number of carbonyl (C=O) groups is 1. The molecule has 0 bridgehead atoms. The predicted molar refractivity (Wildman–Crippen MR) is 82.4 cm³/mol. The molecular formula is C14H17FN4OS. The fourth-order valence-corrected chi connectivity index (χ4v) is 3.43. The molecule has 1 saturated heterocycles. The minimum absolute atomic E-state index is 0.0208. The number of piperazine rings is 1. The summed E-state index contributed by atoms with van der Waals surface area (Å²) in [4.78, 5) is 20.1. The number of nitrogens with one attached hydrogen (secondary N) is 1. The van der Waals surface area contributed by atoms with Crippen molar-refractivity contribution in [2.45, 2.75) is 6.92 Å². The standard InChI is InChI=1S/C14H17FN4OS/c1-2-16-13(20)18-6-8-19(9-7-18)14-17-12-10(15)4-3-5-11(12)21-14/h3-5H,2,6-9H2,1H3,(H,16,20). The number of anilines is 1. The van der Waals surface area contributed by atoms with E-state index < -0.39 is 0 Å². The van der Waals surface area contributed by atoms with Crippen molar-refractivity contribution in [3.05, 3.63) is 24.0 Å². The van der Waals surface area contributed by atoms with Gasteiger partial charge in [-0.15, -0.1) is 0 Å². The molecule has 1 N–H and O–H groups in total. The average Bonchev–Trinajstić information content (AvgIpc) is 2.93. The van der Waals surface area contributed by atoms with Gasteiger partial charge in [-0.25, -0.2) is 14.2 Å². The van der Waals surface area contributed by atoms with Crippen LogP contribution in [0.25, 0.3) is 10.2 Å². The van der Waals surface area contributed by atoms with E-state index in [4.69, 9.17) is 0 Å². The Bertz CT molecular complexity index is 651. The number of nitrogens with zero attached hydrogens (tertiary/aromatic N) is 3. The van der Waals surface area contributed by atoms with Crippen LogP contribution in [0.3, 0.4) is 0 Å². The first-order valence-corrected chi connectivity index (χ1v) is 7.83. The summed E-state index contributed by atoms with van der Waals surface area (Å²) in [6.45, 7) is 5.30. The van der Waals surface area contributed by atoms with Gasteiger partial charge < -0.3 is 15.1 Å². The Kier molecular flexibility index (Phi) is 3.92. The lowest BCUT2D eigenvalue weighted by molar-refractivity contribution is 0.195. The first kappa shape index (κ1) is 14.1. The van der Waals surface area contributed by atoms with E-state index in [0.29, 0.717) is 25.2 Å². The van der Waals surface area contributed by atoms with Crippen LogP contribution in [0.15, 0.2) is 18.2 Å². The molecule has 0 atom stereocenters. The number of amides is 2. The first-order chi connectivity index (χ1) is 10.2. The van der Waals surface area contributed by atoms with Gasteiger partial charge in [0.1, 0.15) is 11.3 Å². The summed E-state index contributed by atoms with van der Waals surface area (Å²) >= 11 is 1.49. The number of fused-ring (bicyclic) bond motifs is 1. The maximum absolute atomic E-state index is 13.7. The van der Waals surface area contributed by atoms with E-state index in [1.54, 1.807) is 11.0 Å². The molecule has 5 nitrogen and oxygen atoms in total. The zero-order valence-electron chi connectivity index (χ0n) is 11.8. The second kappa shape index (κ2) is 5.85. The van der Waals surface area contributed by atoms with Crippen molar-refractivity contribution in [2.24, 2.45) is 0 Å². The van der Waals surface area contributed by atoms with E-state index in [2.05, 4.69) is 15.2 Å². The zero-order chi connectivity index (χ0) is 14.8. The van der Waals surface area contributed by atoms with Crippen LogP contribution in [-0.4, -0.2) is 48.6 Å². The number of carbonyl (C=O) groups excluding carboxylic acids is 1. The summed E-state index contributed by atoms with van der Waals surface area (Å²) in [7, 11) is 0. The summed E-state index contributed by atoms with van der Waals surface area (Å²) in [6, 6.07) is 4.99. The normalized spacial score (nSPS) is 15.5. The highest BCUT2D eigenvalue weighted by Gasteiger charge is 2.23. The molecule has 0 radical (unpaired) electrons. The van der Waals surface area contributed by atoms with Crippen LogP contribution in [0, 0.1) is 5.82 Å². The lowest BCUT2D eigenvalue weighted by Crippen LogP contribution is -2.51. The highest BCUT2D eigenvalue weighted by molar-refractivity contribution is 7.22. The second-order valence-corrected chi connectivity index (χ2v) is 5.90. The highest BCUT2D eigenvalue weighted by Crippen LogP contribution is 2.30. The van der Waals surface area contributed by atoms with Crippen molar-refractivity contribution in [1.82, 2.24) is 15.2 Å². The molecule has 2 aromatic rings. The summed E-state index contributed by atoms with van der Waals surface area (Å²) in [5.41, 5.74) is 0.434. The van der Waals surface area contributed by atoms with Crippen molar-refractivity contribution < 1.29 is 9.18 Å². The zero-order valence-corrected chi connectivity index (χ0v) is 12.6. The van der Waals surface area contributed by atoms with Gasteiger partial charge in [-0.2, -0.15) is 0 Å². The molecule has 0 unspecified atom stereocenters. The van der Waals surface area contributed by atoms with Gasteiger partial charge in [0.15, 0.2) is 5.13 Å². The molecule has 1 fully saturated rings. The van der Waals surface area contributed by atoms with Crippen molar-refractivity contribution in [1.29, 1.82) is 0 Å². The molecule has 1 aliphatic heterocycles. The van der Waals surface area contributed by atoms with Crippen LogP contribution >= 0.6 is 11.3 Å². The number of aromatic nitrogens is 1. The Morgan fingerprint density at radius 3 is 2.81 bits per heavy atom. The fraction of sp³-hybridized carbons (Fsp3) is 0.429. The highest BCUT2D eigenvalue weighted by atomic mass is 32.1. The average molecular weight is 308 g/mol. The van der Waals surface area contributed by atoms with E-state index >= 15 is 0 Å². The Morgan fingerprint density at radius 1 is 1.38 bits per heavy atom. The molecule has 0 saturated carbocycles. The van der Waals surface area contributed by atoms with Crippen LogP contribution < -0.4 is 10.2 Å². The van der Waals surface area contributed by atoms with Crippen molar-refractivity contribution in [3.63, 3.8) is 0 Å². The Labute approximate surface area is 126 Å². The second-order valence-electron chi connectivity index (χ2n) is 4.89. The van der Waals surface area contributed by atoms with E-state index in [0.717, 1.165) is 22.9 Å². The van der Waals surface area contributed by atoms with Gasteiger partial charge in [-0.3, -0.25) is 0 Å². The van der Waals surface area contributed by atoms with Crippen molar-refractivity contribution in [2.75, 3.05) is 37.6 Å². The smallest absolute Gasteiger partial charge is 0.317 e. The third-order valence-corrected chi connectivity index (χ3v) is 4.61. The van der Waals surface area contributed by atoms with E-state index in [9.17, 15) is 9.18 Å². The number of hydrogen-bond acceptors (Lipinski definition) is 4. The lowest BCUT2D eigenvalue weighted by atomic mass is 10.3. The number of urea groups is 1. The van der Waals surface area contributed by atoms with E-state index in [-0.39, 0.29) is 11.8 Å². The van der Waals surface area contributed by atoms with Gasteiger partial charge in [-0.1, -0.05) is 17.4 Å². The van der Waals surface area contributed by atoms with Gasteiger partial charge in [0.05, 0.1) is 4.70 Å². The van der Waals surface area contributed by atoms with Crippen LogP contribution in [0.2, 0.25) is 0 Å². The number of benzene rings is 1. The molecule has 21 heavy (non-hydrogen) atoms.